The van der Waals surface area contributed by atoms with Crippen molar-refractivity contribution in [1.82, 2.24) is 4.90 Å². The third-order valence-electron chi connectivity index (χ3n) is 4.48. The van der Waals surface area contributed by atoms with Crippen LogP contribution in [0, 0.1) is 5.92 Å². The molecular formula is C16H16Cl2N2O4. The average molecular weight is 371 g/mol. The zero-order valence-electron chi connectivity index (χ0n) is 12.7. The fraction of sp³-hybridized carbons (Fsp3) is 0.438. The summed E-state index contributed by atoms with van der Waals surface area (Å²) in [5.41, 5.74) is 0.545. The van der Waals surface area contributed by atoms with Gasteiger partial charge in [-0.3, -0.25) is 9.59 Å². The highest BCUT2D eigenvalue weighted by Crippen LogP contribution is 2.32. The van der Waals surface area contributed by atoms with Crippen LogP contribution in [0.3, 0.4) is 0 Å². The quantitative estimate of drug-likeness (QED) is 0.828. The summed E-state index contributed by atoms with van der Waals surface area (Å²) in [6.45, 7) is 0.750. The van der Waals surface area contributed by atoms with Gasteiger partial charge in [-0.25, -0.2) is 4.79 Å². The van der Waals surface area contributed by atoms with E-state index in [9.17, 15) is 19.5 Å². The molecule has 2 aliphatic rings. The third-order valence-corrected chi connectivity index (χ3v) is 4.92. The van der Waals surface area contributed by atoms with Crippen LogP contribution >= 0.6 is 23.2 Å². The molecular weight excluding hydrogens is 355 g/mol. The molecule has 128 valence electrons. The molecule has 6 nitrogen and oxygen atoms in total. The smallest absolute Gasteiger partial charge is 0.326 e. The number of aliphatic carboxylic acids is 1. The minimum Gasteiger partial charge on any atom is -0.480 e. The van der Waals surface area contributed by atoms with Gasteiger partial charge in [0.1, 0.15) is 12.0 Å². The number of halogens is 2. The molecule has 2 heterocycles. The second kappa shape index (κ2) is 6.61. The van der Waals surface area contributed by atoms with E-state index in [2.05, 4.69) is 0 Å². The van der Waals surface area contributed by atoms with E-state index < -0.39 is 23.8 Å². The second-order valence-electron chi connectivity index (χ2n) is 5.99. The van der Waals surface area contributed by atoms with Crippen molar-refractivity contribution >= 4 is 46.7 Å². The molecule has 2 fully saturated rings. The summed E-state index contributed by atoms with van der Waals surface area (Å²) in [4.78, 5) is 39.3. The van der Waals surface area contributed by atoms with E-state index in [-0.39, 0.29) is 5.91 Å². The van der Waals surface area contributed by atoms with Gasteiger partial charge in [0.15, 0.2) is 0 Å². The number of benzene rings is 1. The SMILES string of the molecule is O=C(O)[C@H]1CCCN1C(=O)[C@H]1CCN(c2cc(Cl)cc(Cl)c2)C1=O. The molecule has 2 atom stereocenters. The lowest BCUT2D eigenvalue weighted by Gasteiger charge is -2.24. The van der Waals surface area contributed by atoms with E-state index in [1.807, 2.05) is 0 Å². The number of anilines is 1. The van der Waals surface area contributed by atoms with E-state index in [1.54, 1.807) is 18.2 Å². The lowest BCUT2D eigenvalue weighted by Crippen LogP contribution is -2.45. The summed E-state index contributed by atoms with van der Waals surface area (Å²) >= 11 is 11.9. The van der Waals surface area contributed by atoms with Crippen molar-refractivity contribution in [2.75, 3.05) is 18.0 Å². The van der Waals surface area contributed by atoms with Crippen LogP contribution in [0.25, 0.3) is 0 Å². The Morgan fingerprint density at radius 3 is 2.38 bits per heavy atom. The van der Waals surface area contributed by atoms with Crippen molar-refractivity contribution in [3.8, 4) is 0 Å². The van der Waals surface area contributed by atoms with Gasteiger partial charge in [-0.05, 0) is 37.5 Å². The molecule has 0 spiro atoms. The molecule has 0 unspecified atom stereocenters. The summed E-state index contributed by atoms with van der Waals surface area (Å²) in [5, 5.41) is 10.0. The number of hydrogen-bond donors (Lipinski definition) is 1. The first-order chi connectivity index (χ1) is 11.4. The Kier molecular flexibility index (Phi) is 4.69. The highest BCUT2D eigenvalue weighted by Gasteiger charge is 2.44. The van der Waals surface area contributed by atoms with Crippen molar-refractivity contribution in [3.05, 3.63) is 28.2 Å². The maximum Gasteiger partial charge on any atom is 0.326 e. The maximum absolute atomic E-state index is 12.6. The van der Waals surface area contributed by atoms with Crippen LogP contribution in [-0.2, 0) is 14.4 Å². The first-order valence-electron chi connectivity index (χ1n) is 7.69. The number of carboxylic acids is 1. The molecule has 1 aromatic rings. The van der Waals surface area contributed by atoms with Crippen LogP contribution in [0.5, 0.6) is 0 Å². The Morgan fingerprint density at radius 1 is 1.08 bits per heavy atom. The fourth-order valence-electron chi connectivity index (χ4n) is 3.35. The zero-order chi connectivity index (χ0) is 17.4. The van der Waals surface area contributed by atoms with Gasteiger partial charge in [0.25, 0.3) is 0 Å². The second-order valence-corrected chi connectivity index (χ2v) is 6.86. The molecule has 2 saturated heterocycles. The maximum atomic E-state index is 12.6. The van der Waals surface area contributed by atoms with E-state index in [0.717, 1.165) is 0 Å². The first kappa shape index (κ1) is 17.0. The first-order valence-corrected chi connectivity index (χ1v) is 8.45. The normalized spacial score (nSPS) is 23.8. The molecule has 1 N–H and O–H groups in total. The molecule has 0 aromatic heterocycles. The van der Waals surface area contributed by atoms with Gasteiger partial charge >= 0.3 is 5.97 Å². The zero-order valence-corrected chi connectivity index (χ0v) is 14.3. The summed E-state index contributed by atoms with van der Waals surface area (Å²) < 4.78 is 0. The Hall–Kier alpha value is -1.79. The average Bonchev–Trinajstić information content (AvgIpc) is 3.12. The molecule has 24 heavy (non-hydrogen) atoms. The van der Waals surface area contributed by atoms with E-state index in [1.165, 1.54) is 9.80 Å². The number of hydrogen-bond acceptors (Lipinski definition) is 3. The molecule has 0 aliphatic carbocycles. The minimum atomic E-state index is -1.02. The molecule has 0 radical (unpaired) electrons. The molecule has 0 saturated carbocycles. The van der Waals surface area contributed by atoms with Crippen LogP contribution in [0.4, 0.5) is 5.69 Å². The number of nitrogens with zero attached hydrogens (tertiary/aromatic N) is 2. The third kappa shape index (κ3) is 3.08. The lowest BCUT2D eigenvalue weighted by atomic mass is 10.1. The number of likely N-dealkylation sites (tertiary alicyclic amines) is 1. The molecule has 8 heteroatoms. The van der Waals surface area contributed by atoms with Crippen molar-refractivity contribution in [2.24, 2.45) is 5.92 Å². The highest BCUT2D eigenvalue weighted by molar-refractivity contribution is 6.35. The Labute approximate surface area is 148 Å². The van der Waals surface area contributed by atoms with E-state index >= 15 is 0 Å². The standard InChI is InChI=1S/C16H16Cl2N2O4/c17-9-6-10(18)8-11(7-9)19-5-3-12(14(19)21)15(22)20-4-1-2-13(20)16(23)24/h6-8,12-13H,1-5H2,(H,23,24)/t12-,13+/m0/s1. The number of carbonyl (C=O) groups excluding carboxylic acids is 2. The summed E-state index contributed by atoms with van der Waals surface area (Å²) in [6, 6.07) is 3.97. The van der Waals surface area contributed by atoms with Gasteiger partial charge in [0.05, 0.1) is 0 Å². The highest BCUT2D eigenvalue weighted by atomic mass is 35.5. The Morgan fingerprint density at radius 2 is 1.75 bits per heavy atom. The van der Waals surface area contributed by atoms with Crippen LogP contribution in [-0.4, -0.2) is 46.9 Å². The van der Waals surface area contributed by atoms with Crippen LogP contribution in [0.1, 0.15) is 19.3 Å². The Bertz CT molecular complexity index is 689. The molecule has 0 bridgehead atoms. The topological polar surface area (TPSA) is 77.9 Å². The van der Waals surface area contributed by atoms with Gasteiger partial charge in [-0.15, -0.1) is 0 Å². The molecule has 3 rings (SSSR count). The van der Waals surface area contributed by atoms with Crippen molar-refractivity contribution in [2.45, 2.75) is 25.3 Å². The fourth-order valence-corrected chi connectivity index (χ4v) is 3.86. The van der Waals surface area contributed by atoms with Gasteiger partial charge in [-0.1, -0.05) is 23.2 Å². The summed E-state index contributed by atoms with van der Waals surface area (Å²) in [7, 11) is 0. The predicted octanol–water partition coefficient (Wildman–Crippen LogP) is 2.42. The predicted molar refractivity (Wildman–Crippen MR) is 89.3 cm³/mol. The lowest BCUT2D eigenvalue weighted by molar-refractivity contribution is -0.151. The minimum absolute atomic E-state index is 0.339. The number of carboxylic acid groups (broad SMARTS) is 1. The largest absolute Gasteiger partial charge is 0.480 e. The summed E-state index contributed by atoms with van der Waals surface area (Å²) in [6.07, 6.45) is 1.41. The van der Waals surface area contributed by atoms with E-state index in [4.69, 9.17) is 23.2 Å². The van der Waals surface area contributed by atoms with Crippen LogP contribution in [0.15, 0.2) is 18.2 Å². The van der Waals surface area contributed by atoms with Crippen LogP contribution in [0.2, 0.25) is 10.0 Å². The van der Waals surface area contributed by atoms with Crippen molar-refractivity contribution in [1.29, 1.82) is 0 Å². The number of amides is 2. The molecule has 2 amide bonds. The monoisotopic (exact) mass is 370 g/mol. The number of rotatable bonds is 3. The molecule has 2 aliphatic heterocycles. The van der Waals surface area contributed by atoms with Gasteiger partial charge < -0.3 is 14.9 Å². The van der Waals surface area contributed by atoms with Crippen molar-refractivity contribution in [3.63, 3.8) is 0 Å². The summed E-state index contributed by atoms with van der Waals surface area (Å²) in [5.74, 6) is -2.61. The Balaban J connectivity index is 1.78. The van der Waals surface area contributed by atoms with Crippen molar-refractivity contribution < 1.29 is 19.5 Å². The number of carbonyl (C=O) groups is 3. The van der Waals surface area contributed by atoms with Crippen LogP contribution < -0.4 is 4.90 Å². The van der Waals surface area contributed by atoms with E-state index in [0.29, 0.717) is 48.1 Å². The molecule has 1 aromatic carbocycles. The van der Waals surface area contributed by atoms with Gasteiger partial charge in [0, 0.05) is 28.8 Å². The van der Waals surface area contributed by atoms with Gasteiger partial charge in [-0.2, -0.15) is 0 Å². The van der Waals surface area contributed by atoms with Gasteiger partial charge in [0.2, 0.25) is 11.8 Å².